The van der Waals surface area contributed by atoms with Gasteiger partial charge in [-0.25, -0.2) is 4.79 Å². The second-order valence-electron chi connectivity index (χ2n) is 6.09. The number of carbonyl (C=O) groups is 1. The predicted octanol–water partition coefficient (Wildman–Crippen LogP) is 6.18. The minimum atomic E-state index is -0.823. The summed E-state index contributed by atoms with van der Waals surface area (Å²) in [5, 5.41) is 11.9. The molecule has 0 bridgehead atoms. The van der Waals surface area contributed by atoms with Gasteiger partial charge in [0, 0.05) is 17.3 Å². The second-order valence-corrected chi connectivity index (χ2v) is 6.94. The Hall–Kier alpha value is -3.22. The van der Waals surface area contributed by atoms with Crippen molar-refractivity contribution in [2.45, 2.75) is 6.92 Å². The van der Waals surface area contributed by atoms with E-state index < -0.39 is 10.9 Å². The Bertz CT molecular complexity index is 1110. The van der Waals surface area contributed by atoms with E-state index in [1.54, 1.807) is 6.07 Å². The number of aryl methyl sites for hydroxylation is 1. The largest absolute Gasteiger partial charge is 0.416 e. The van der Waals surface area contributed by atoms with Crippen LogP contribution in [0.5, 0.6) is 5.75 Å². The van der Waals surface area contributed by atoms with Gasteiger partial charge in [-0.1, -0.05) is 40.9 Å². The summed E-state index contributed by atoms with van der Waals surface area (Å²) >= 11 is 11.8. The number of carbonyl (C=O) groups excluding carboxylic acids is 1. The van der Waals surface area contributed by atoms with Gasteiger partial charge in [-0.3, -0.25) is 15.1 Å². The Morgan fingerprint density at radius 3 is 2.45 bits per heavy atom. The molecule has 0 radical (unpaired) electrons. The average Bonchev–Trinajstić information content (AvgIpc) is 2.68. The van der Waals surface area contributed by atoms with Crippen LogP contribution >= 0.6 is 23.2 Å². The van der Waals surface area contributed by atoms with Crippen LogP contribution in [0.2, 0.25) is 10.0 Å². The van der Waals surface area contributed by atoms with E-state index in [0.29, 0.717) is 16.3 Å². The second kappa shape index (κ2) is 8.86. The highest BCUT2D eigenvalue weighted by Crippen LogP contribution is 2.30. The van der Waals surface area contributed by atoms with Crippen LogP contribution in [0.15, 0.2) is 65.7 Å². The molecule has 0 saturated heterocycles. The molecule has 29 heavy (non-hydrogen) atoms. The Balaban J connectivity index is 1.85. The van der Waals surface area contributed by atoms with Crippen molar-refractivity contribution in [2.75, 3.05) is 0 Å². The summed E-state index contributed by atoms with van der Waals surface area (Å²) in [4.78, 5) is 27.4. The quantitative estimate of drug-likeness (QED) is 0.159. The fourth-order valence-corrected chi connectivity index (χ4v) is 2.92. The molecule has 3 rings (SSSR count). The van der Waals surface area contributed by atoms with Crippen LogP contribution in [0, 0.1) is 17.0 Å². The van der Waals surface area contributed by atoms with Crippen molar-refractivity contribution in [1.29, 1.82) is 0 Å². The van der Waals surface area contributed by atoms with Crippen LogP contribution in [0.3, 0.4) is 0 Å². The molecule has 8 heteroatoms. The fourth-order valence-electron chi connectivity index (χ4n) is 2.43. The summed E-state index contributed by atoms with van der Waals surface area (Å²) in [5.41, 5.74) is 1.99. The van der Waals surface area contributed by atoms with E-state index in [-0.39, 0.29) is 22.0 Å². The first-order valence-electron chi connectivity index (χ1n) is 8.40. The molecule has 0 aliphatic rings. The van der Waals surface area contributed by atoms with E-state index in [4.69, 9.17) is 27.9 Å². The Kier molecular flexibility index (Phi) is 6.26. The number of nitro benzene ring substituents is 1. The van der Waals surface area contributed by atoms with Gasteiger partial charge in [-0.15, -0.1) is 0 Å². The minimum absolute atomic E-state index is 0.0513. The maximum absolute atomic E-state index is 12.3. The van der Waals surface area contributed by atoms with Crippen molar-refractivity contribution in [3.63, 3.8) is 0 Å². The number of rotatable bonds is 5. The zero-order valence-electron chi connectivity index (χ0n) is 15.1. The maximum atomic E-state index is 12.3. The number of aliphatic imine (C=N–C) groups is 1. The molecule has 0 N–H and O–H groups in total. The van der Waals surface area contributed by atoms with Gasteiger partial charge in [-0.05, 0) is 55.0 Å². The van der Waals surface area contributed by atoms with Gasteiger partial charge >= 0.3 is 11.7 Å². The number of hydrogen-bond acceptors (Lipinski definition) is 5. The fraction of sp³-hybridized carbons (Fsp3) is 0.0476. The Morgan fingerprint density at radius 2 is 1.79 bits per heavy atom. The maximum Gasteiger partial charge on any atom is 0.345 e. The third-order valence-corrected chi connectivity index (χ3v) is 4.48. The Morgan fingerprint density at radius 1 is 1.07 bits per heavy atom. The monoisotopic (exact) mass is 428 g/mol. The standard InChI is InChI=1S/C21H14Cl2N2O4/c1-13-2-6-16(7-3-13)24-12-14-4-9-20(19(10-14)25(27)28)29-21(26)17-8-5-15(22)11-18(17)23/h2-12H,1H3. The minimum Gasteiger partial charge on any atom is -0.416 e. The number of halogens is 2. The lowest BCUT2D eigenvalue weighted by Crippen LogP contribution is -2.10. The molecule has 0 unspecified atom stereocenters. The molecule has 0 aliphatic heterocycles. The summed E-state index contributed by atoms with van der Waals surface area (Å²) in [6, 6.07) is 16.0. The molecule has 0 spiro atoms. The Labute approximate surface area is 176 Å². The van der Waals surface area contributed by atoms with Gasteiger partial charge in [0.15, 0.2) is 0 Å². The van der Waals surface area contributed by atoms with Gasteiger partial charge in [-0.2, -0.15) is 0 Å². The lowest BCUT2D eigenvalue weighted by molar-refractivity contribution is -0.385. The molecule has 3 aromatic carbocycles. The number of hydrogen-bond donors (Lipinski definition) is 0. The molecule has 0 amide bonds. The van der Waals surface area contributed by atoms with Crippen molar-refractivity contribution in [2.24, 2.45) is 4.99 Å². The molecule has 0 aromatic heterocycles. The summed E-state index contributed by atoms with van der Waals surface area (Å²) in [5.74, 6) is -1.02. The summed E-state index contributed by atoms with van der Waals surface area (Å²) < 4.78 is 5.19. The molecular weight excluding hydrogens is 415 g/mol. The van der Waals surface area contributed by atoms with Crippen LogP contribution < -0.4 is 4.74 Å². The van der Waals surface area contributed by atoms with Crippen molar-refractivity contribution < 1.29 is 14.5 Å². The van der Waals surface area contributed by atoms with E-state index >= 15 is 0 Å². The highest BCUT2D eigenvalue weighted by molar-refractivity contribution is 6.36. The van der Waals surface area contributed by atoms with Crippen molar-refractivity contribution in [1.82, 2.24) is 0 Å². The van der Waals surface area contributed by atoms with Gasteiger partial charge in [0.25, 0.3) is 0 Å². The van der Waals surface area contributed by atoms with Crippen molar-refractivity contribution in [3.8, 4) is 5.75 Å². The van der Waals surface area contributed by atoms with E-state index in [1.807, 2.05) is 31.2 Å². The lowest BCUT2D eigenvalue weighted by Gasteiger charge is -2.07. The zero-order valence-corrected chi connectivity index (χ0v) is 16.6. The summed E-state index contributed by atoms with van der Waals surface area (Å²) in [6.45, 7) is 1.97. The SMILES string of the molecule is Cc1ccc(N=Cc2ccc(OC(=O)c3ccc(Cl)cc3Cl)c([N+](=O)[O-])c2)cc1. The van der Waals surface area contributed by atoms with Crippen LogP contribution in [-0.4, -0.2) is 17.1 Å². The summed E-state index contributed by atoms with van der Waals surface area (Å²) in [6.07, 6.45) is 1.50. The highest BCUT2D eigenvalue weighted by Gasteiger charge is 2.21. The van der Waals surface area contributed by atoms with Crippen LogP contribution in [-0.2, 0) is 0 Å². The molecule has 0 saturated carbocycles. The number of ether oxygens (including phenoxy) is 1. The third kappa shape index (κ3) is 5.19. The molecule has 0 heterocycles. The topological polar surface area (TPSA) is 81.8 Å². The average molecular weight is 429 g/mol. The number of benzene rings is 3. The van der Waals surface area contributed by atoms with E-state index in [1.165, 1.54) is 36.5 Å². The molecule has 146 valence electrons. The normalized spacial score (nSPS) is 10.9. The van der Waals surface area contributed by atoms with Gasteiger partial charge < -0.3 is 4.74 Å². The lowest BCUT2D eigenvalue weighted by atomic mass is 10.2. The molecule has 0 fully saturated rings. The van der Waals surface area contributed by atoms with E-state index in [2.05, 4.69) is 4.99 Å². The van der Waals surface area contributed by atoms with Gasteiger partial charge in [0.05, 0.1) is 21.2 Å². The molecule has 3 aromatic rings. The third-order valence-electron chi connectivity index (χ3n) is 3.93. The van der Waals surface area contributed by atoms with Gasteiger partial charge in [0.1, 0.15) is 0 Å². The highest BCUT2D eigenvalue weighted by atomic mass is 35.5. The first-order valence-corrected chi connectivity index (χ1v) is 9.15. The smallest absolute Gasteiger partial charge is 0.345 e. The molecular formula is C21H14Cl2N2O4. The number of esters is 1. The number of nitrogens with zero attached hydrogens (tertiary/aromatic N) is 2. The van der Waals surface area contributed by atoms with Crippen LogP contribution in [0.1, 0.15) is 21.5 Å². The zero-order chi connectivity index (χ0) is 21.0. The first-order chi connectivity index (χ1) is 13.8. The predicted molar refractivity (Wildman–Crippen MR) is 113 cm³/mol. The molecule has 6 nitrogen and oxygen atoms in total. The van der Waals surface area contributed by atoms with Crippen molar-refractivity contribution in [3.05, 3.63) is 97.5 Å². The molecule has 0 atom stereocenters. The van der Waals surface area contributed by atoms with Crippen molar-refractivity contribution >= 4 is 46.8 Å². The van der Waals surface area contributed by atoms with Crippen LogP contribution in [0.25, 0.3) is 0 Å². The number of nitro groups is 1. The first kappa shape index (κ1) is 20.5. The van der Waals surface area contributed by atoms with E-state index in [0.717, 1.165) is 5.56 Å². The molecule has 0 aliphatic carbocycles. The van der Waals surface area contributed by atoms with Crippen LogP contribution in [0.4, 0.5) is 11.4 Å². The van der Waals surface area contributed by atoms with Gasteiger partial charge in [0.2, 0.25) is 5.75 Å². The summed E-state index contributed by atoms with van der Waals surface area (Å²) in [7, 11) is 0. The van der Waals surface area contributed by atoms with E-state index in [9.17, 15) is 14.9 Å².